The molecule has 2 aromatic carbocycles. The second-order valence-corrected chi connectivity index (χ2v) is 13.2. The Hall–Kier alpha value is -4.01. The van der Waals surface area contributed by atoms with E-state index in [0.29, 0.717) is 0 Å². The lowest BCUT2D eigenvalue weighted by Gasteiger charge is -2.56. The van der Waals surface area contributed by atoms with E-state index >= 15 is 0 Å². The quantitative estimate of drug-likeness (QED) is 0.139. The van der Waals surface area contributed by atoms with Gasteiger partial charge in [0.1, 0.15) is 42.3 Å². The maximum Gasteiger partial charge on any atom is 0.471 e. The third-order valence-electron chi connectivity index (χ3n) is 10.1. The summed E-state index contributed by atoms with van der Waals surface area (Å²) in [6, 6.07) is 2.09. The number of hydrogen-bond donors (Lipinski definition) is 5. The number of amides is 1. The summed E-state index contributed by atoms with van der Waals surface area (Å²) in [5, 5.41) is 61.3. The molecular weight excluding hydrogens is 689 g/mol. The van der Waals surface area contributed by atoms with Gasteiger partial charge in [0.05, 0.1) is 47.6 Å². The molecule has 18 heteroatoms. The molecule has 51 heavy (non-hydrogen) atoms. The van der Waals surface area contributed by atoms with Gasteiger partial charge in [-0.2, -0.15) is 13.2 Å². The minimum Gasteiger partial charge on any atom is -0.632 e. The maximum atomic E-state index is 14.0. The highest BCUT2D eigenvalue weighted by Gasteiger charge is 2.52. The van der Waals surface area contributed by atoms with Gasteiger partial charge in [-0.25, -0.2) is 0 Å². The number of carbonyl (C=O) groups excluding carboxylic acids is 4. The number of nitrogens with zero attached hydrogens (tertiary/aromatic N) is 1. The summed E-state index contributed by atoms with van der Waals surface area (Å²) in [4.78, 5) is 52.3. The zero-order valence-corrected chi connectivity index (χ0v) is 27.5. The SMILES string of the molecule is CO[C@@H]1C[N+]([O-])(C2C[C@H](O[C@H]3C[C@](O)(C(C)=O)Cc4c(O)c5c(c(O)c43)C(=O)c3c(NC(=O)C(F)(F)F)cccc3C5=O)O[C@@H](C)[C@H]2O)CCO1. The van der Waals surface area contributed by atoms with Gasteiger partial charge in [-0.1, -0.05) is 12.1 Å². The number of anilines is 1. The summed E-state index contributed by atoms with van der Waals surface area (Å²) >= 11 is 0. The molecule has 0 saturated carbocycles. The number of ether oxygens (including phenoxy) is 4. The van der Waals surface area contributed by atoms with Crippen LogP contribution in [0.3, 0.4) is 0 Å². The fourth-order valence-corrected chi connectivity index (χ4v) is 7.41. The molecule has 6 rings (SSSR count). The number of ketones is 3. The van der Waals surface area contributed by atoms with E-state index in [1.165, 1.54) is 14.0 Å². The highest BCUT2D eigenvalue weighted by Crippen LogP contribution is 2.52. The van der Waals surface area contributed by atoms with E-state index in [9.17, 15) is 58.0 Å². The van der Waals surface area contributed by atoms with E-state index < -0.39 is 129 Å². The predicted octanol–water partition coefficient (Wildman–Crippen LogP) is 1.88. The second kappa shape index (κ2) is 12.9. The number of nitrogens with one attached hydrogen (secondary N) is 1. The number of phenols is 2. The standard InChI is InChI=1S/C33H35F3N2O13/c1-13-26(40)18(38(47)7-8-49-21(12-38)48-3)9-20(50-13)51-19-11-32(46,14(2)39)10-16-23(19)30(44)25-24(28(16)42)27(41)15-5-4-6-17(22(15)29(25)43)37-31(45)33(34,35)36/h4-6,13,18-21,26,40,42,44,46H,7-12H2,1-3H3,(H,37,45)/t13-,18?,19-,20-,21-,26+,32-,38?/m0/s1. The number of phenolic OH excluding ortho intramolecular Hbond substituents is 2. The van der Waals surface area contributed by atoms with Crippen molar-refractivity contribution >= 4 is 28.9 Å². The van der Waals surface area contributed by atoms with Crippen molar-refractivity contribution in [2.75, 3.05) is 32.1 Å². The number of fused-ring (bicyclic) bond motifs is 3. The van der Waals surface area contributed by atoms with Crippen molar-refractivity contribution in [3.05, 3.63) is 56.8 Å². The third kappa shape index (κ3) is 6.18. The molecule has 8 atom stereocenters. The monoisotopic (exact) mass is 724 g/mol. The molecule has 2 saturated heterocycles. The van der Waals surface area contributed by atoms with Crippen LogP contribution in [-0.4, -0.2) is 118 Å². The van der Waals surface area contributed by atoms with Crippen LogP contribution in [0.5, 0.6) is 11.5 Å². The number of hydroxylamine groups is 3. The zero-order chi connectivity index (χ0) is 37.4. The van der Waals surface area contributed by atoms with Crippen molar-refractivity contribution < 1.29 is 76.4 Å². The largest absolute Gasteiger partial charge is 0.632 e. The van der Waals surface area contributed by atoms with Crippen LogP contribution in [0, 0.1) is 5.21 Å². The Morgan fingerprint density at radius 3 is 2.43 bits per heavy atom. The van der Waals surface area contributed by atoms with Crippen LogP contribution >= 0.6 is 0 Å². The van der Waals surface area contributed by atoms with Crippen LogP contribution in [0.1, 0.15) is 75.8 Å². The van der Waals surface area contributed by atoms with Crippen LogP contribution in [0.25, 0.3) is 0 Å². The summed E-state index contributed by atoms with van der Waals surface area (Å²) in [5.41, 5.74) is -6.28. The summed E-state index contributed by atoms with van der Waals surface area (Å²) in [6.07, 6.45) is -12.8. The van der Waals surface area contributed by atoms with Gasteiger partial charge in [-0.3, -0.25) is 19.2 Å². The van der Waals surface area contributed by atoms with E-state index in [4.69, 9.17) is 18.9 Å². The Morgan fingerprint density at radius 1 is 1.10 bits per heavy atom. The highest BCUT2D eigenvalue weighted by molar-refractivity contribution is 6.32. The number of morpholine rings is 1. The molecule has 2 heterocycles. The number of alkyl halides is 3. The number of aliphatic hydroxyl groups is 2. The molecule has 0 spiro atoms. The molecule has 0 aromatic heterocycles. The van der Waals surface area contributed by atoms with Crippen molar-refractivity contribution in [1.29, 1.82) is 0 Å². The summed E-state index contributed by atoms with van der Waals surface area (Å²) in [6.45, 7) is 2.38. The fourth-order valence-electron chi connectivity index (χ4n) is 7.41. The molecular formula is C33H35F3N2O13. The van der Waals surface area contributed by atoms with Crippen molar-refractivity contribution in [2.24, 2.45) is 0 Å². The number of carbonyl (C=O) groups is 4. The number of Topliss-reactive ketones (excluding diaryl/α,β-unsaturated/α-hetero) is 1. The van der Waals surface area contributed by atoms with E-state index in [1.807, 2.05) is 0 Å². The minimum absolute atomic E-state index is 0.0311. The number of aliphatic hydroxyl groups excluding tert-OH is 1. The van der Waals surface area contributed by atoms with Crippen LogP contribution < -0.4 is 5.32 Å². The number of quaternary nitrogens is 1. The number of aromatic hydroxyl groups is 2. The van der Waals surface area contributed by atoms with Gasteiger partial charge in [0.15, 0.2) is 23.6 Å². The van der Waals surface area contributed by atoms with Crippen molar-refractivity contribution in [3.63, 3.8) is 0 Å². The Bertz CT molecular complexity index is 1820. The molecule has 276 valence electrons. The summed E-state index contributed by atoms with van der Waals surface area (Å²) in [5.74, 6) is -7.35. The molecule has 2 fully saturated rings. The van der Waals surface area contributed by atoms with Gasteiger partial charge >= 0.3 is 12.1 Å². The molecule has 15 nitrogen and oxygen atoms in total. The molecule has 0 bridgehead atoms. The number of hydrogen-bond acceptors (Lipinski definition) is 13. The minimum atomic E-state index is -5.35. The van der Waals surface area contributed by atoms with Gasteiger partial charge < -0.3 is 54.5 Å². The first-order chi connectivity index (χ1) is 23.8. The van der Waals surface area contributed by atoms with E-state index in [0.717, 1.165) is 25.1 Å². The normalized spacial score (nSPS) is 32.1. The van der Waals surface area contributed by atoms with Gasteiger partial charge in [0.25, 0.3) is 0 Å². The molecule has 1 amide bonds. The predicted molar refractivity (Wildman–Crippen MR) is 164 cm³/mol. The van der Waals surface area contributed by atoms with E-state index in [1.54, 1.807) is 5.32 Å². The van der Waals surface area contributed by atoms with Crippen molar-refractivity contribution in [2.45, 2.75) is 81.8 Å². The number of halogens is 3. The lowest BCUT2D eigenvalue weighted by Crippen LogP contribution is -2.67. The smallest absolute Gasteiger partial charge is 0.471 e. The van der Waals surface area contributed by atoms with Gasteiger partial charge in [-0.15, -0.1) is 0 Å². The van der Waals surface area contributed by atoms with Crippen LogP contribution in [-0.2, 0) is 35.0 Å². The zero-order valence-electron chi connectivity index (χ0n) is 27.5. The molecule has 0 radical (unpaired) electrons. The van der Waals surface area contributed by atoms with Crippen LogP contribution in [0.4, 0.5) is 18.9 Å². The van der Waals surface area contributed by atoms with Gasteiger partial charge in [-0.05, 0) is 19.9 Å². The summed E-state index contributed by atoms with van der Waals surface area (Å²) < 4.78 is 61.1. The first kappa shape index (κ1) is 36.8. The Morgan fingerprint density at radius 2 is 1.78 bits per heavy atom. The first-order valence-electron chi connectivity index (χ1n) is 16.0. The van der Waals surface area contributed by atoms with Crippen LogP contribution in [0.2, 0.25) is 0 Å². The van der Waals surface area contributed by atoms with E-state index in [-0.39, 0.29) is 37.2 Å². The molecule has 2 aromatic rings. The first-order valence-corrected chi connectivity index (χ1v) is 16.0. The highest BCUT2D eigenvalue weighted by atomic mass is 19.4. The van der Waals surface area contributed by atoms with Gasteiger partial charge in [0.2, 0.25) is 6.29 Å². The third-order valence-corrected chi connectivity index (χ3v) is 10.1. The van der Waals surface area contributed by atoms with Crippen molar-refractivity contribution in [3.8, 4) is 11.5 Å². The lowest BCUT2D eigenvalue weighted by atomic mass is 9.72. The van der Waals surface area contributed by atoms with Gasteiger partial charge in [0, 0.05) is 36.6 Å². The number of methoxy groups -OCH3 is 1. The Labute approximate surface area is 287 Å². The topological polar surface area (TPSA) is 221 Å². The van der Waals surface area contributed by atoms with Crippen molar-refractivity contribution in [1.82, 2.24) is 0 Å². The second-order valence-electron chi connectivity index (χ2n) is 13.2. The number of benzene rings is 2. The molecule has 2 unspecified atom stereocenters. The summed E-state index contributed by atoms with van der Waals surface area (Å²) in [7, 11) is 1.36. The molecule has 5 N–H and O–H groups in total. The average Bonchev–Trinajstić information content (AvgIpc) is 3.05. The van der Waals surface area contributed by atoms with Crippen LogP contribution in [0.15, 0.2) is 18.2 Å². The Balaban J connectivity index is 1.43. The molecule has 4 aliphatic rings. The number of rotatable bonds is 6. The van der Waals surface area contributed by atoms with E-state index in [2.05, 4.69) is 0 Å². The fraction of sp³-hybridized carbons (Fsp3) is 0.515. The average molecular weight is 725 g/mol. The molecule has 2 aliphatic heterocycles. The Kier molecular flexibility index (Phi) is 9.29. The maximum absolute atomic E-state index is 14.0. The lowest BCUT2D eigenvalue weighted by molar-refractivity contribution is -0.926. The molecule has 2 aliphatic carbocycles.